The molecule has 21 heavy (non-hydrogen) atoms. The Morgan fingerprint density at radius 2 is 1.29 bits per heavy atom. The summed E-state index contributed by atoms with van der Waals surface area (Å²) in [6.07, 6.45) is 1.07. The maximum Gasteiger partial charge on any atom is -0.0175 e. The van der Waals surface area contributed by atoms with E-state index in [-0.39, 0.29) is 0 Å². The zero-order chi connectivity index (χ0) is 14.7. The average molecular weight is 272 g/mol. The predicted molar refractivity (Wildman–Crippen MR) is 91.4 cm³/mol. The van der Waals surface area contributed by atoms with Gasteiger partial charge in [-0.05, 0) is 52.8 Å². The van der Waals surface area contributed by atoms with E-state index in [0.717, 1.165) is 6.42 Å². The van der Waals surface area contributed by atoms with E-state index in [1.165, 1.54) is 33.4 Å². The van der Waals surface area contributed by atoms with Crippen LogP contribution in [0, 0.1) is 6.92 Å². The van der Waals surface area contributed by atoms with Crippen LogP contribution in [0.3, 0.4) is 0 Å². The number of hydrogen-bond donors (Lipinski definition) is 0. The molecule has 0 aliphatic rings. The second-order valence-electron chi connectivity index (χ2n) is 5.51. The summed E-state index contributed by atoms with van der Waals surface area (Å²) in [7, 11) is 0. The molecule has 0 nitrogen and oxygen atoms in total. The van der Waals surface area contributed by atoms with Crippen LogP contribution in [0.1, 0.15) is 18.1 Å². The van der Waals surface area contributed by atoms with Gasteiger partial charge in [0.25, 0.3) is 0 Å². The second-order valence-corrected chi connectivity index (χ2v) is 5.51. The second kappa shape index (κ2) is 5.97. The Balaban J connectivity index is 2.09. The van der Waals surface area contributed by atoms with Crippen molar-refractivity contribution < 1.29 is 0 Å². The van der Waals surface area contributed by atoms with Gasteiger partial charge in [0.15, 0.2) is 0 Å². The summed E-state index contributed by atoms with van der Waals surface area (Å²) in [5, 5.41) is 0. The molecule has 0 unspecified atom stereocenters. The van der Waals surface area contributed by atoms with Crippen molar-refractivity contribution in [1.82, 2.24) is 0 Å². The van der Waals surface area contributed by atoms with E-state index in [1.54, 1.807) is 0 Å². The lowest BCUT2D eigenvalue weighted by atomic mass is 9.95. The van der Waals surface area contributed by atoms with Crippen LogP contribution in [0.25, 0.3) is 22.3 Å². The van der Waals surface area contributed by atoms with Gasteiger partial charge in [-0.25, -0.2) is 0 Å². The van der Waals surface area contributed by atoms with Gasteiger partial charge >= 0.3 is 0 Å². The van der Waals surface area contributed by atoms with Crippen molar-refractivity contribution in [3.8, 4) is 22.3 Å². The van der Waals surface area contributed by atoms with Crippen LogP contribution in [-0.2, 0) is 6.42 Å². The molecule has 3 aromatic rings. The fourth-order valence-electron chi connectivity index (χ4n) is 2.72. The Morgan fingerprint density at radius 1 is 0.619 bits per heavy atom. The Bertz CT molecular complexity index is 739. The van der Waals surface area contributed by atoms with Crippen molar-refractivity contribution in [3.63, 3.8) is 0 Å². The normalized spacial score (nSPS) is 10.6. The minimum Gasteiger partial charge on any atom is -0.0622 e. The monoisotopic (exact) mass is 272 g/mol. The minimum absolute atomic E-state index is 1.07. The molecule has 0 aliphatic carbocycles. The molecule has 3 aromatic carbocycles. The minimum atomic E-state index is 1.07. The number of rotatable bonds is 3. The highest BCUT2D eigenvalue weighted by atomic mass is 14.1. The molecule has 0 N–H and O–H groups in total. The molecule has 0 fully saturated rings. The summed E-state index contributed by atoms with van der Waals surface area (Å²) in [5.74, 6) is 0. The van der Waals surface area contributed by atoms with Gasteiger partial charge in [0, 0.05) is 0 Å². The number of hydrogen-bond acceptors (Lipinski definition) is 0. The molecule has 0 amide bonds. The summed E-state index contributed by atoms with van der Waals surface area (Å²) >= 11 is 0. The first kappa shape index (κ1) is 13.6. The first-order valence-corrected chi connectivity index (χ1v) is 7.52. The van der Waals surface area contributed by atoms with E-state index < -0.39 is 0 Å². The lowest BCUT2D eigenvalue weighted by Crippen LogP contribution is -1.86. The highest BCUT2D eigenvalue weighted by Gasteiger charge is 2.04. The molecular formula is C21H20. The molecule has 104 valence electrons. The van der Waals surface area contributed by atoms with E-state index in [9.17, 15) is 0 Å². The predicted octanol–water partition coefficient (Wildman–Crippen LogP) is 5.89. The van der Waals surface area contributed by atoms with Gasteiger partial charge in [-0.3, -0.25) is 0 Å². The molecule has 3 rings (SSSR count). The topological polar surface area (TPSA) is 0 Å². The molecule has 0 atom stereocenters. The molecular weight excluding hydrogens is 252 g/mol. The fourth-order valence-corrected chi connectivity index (χ4v) is 2.72. The molecule has 0 heteroatoms. The number of benzene rings is 3. The standard InChI is InChI=1S/C21H20/c1-3-17-8-7-11-19(14-17)21-13-16(2)12-20(15-21)18-9-5-4-6-10-18/h4-15H,3H2,1-2H3. The van der Waals surface area contributed by atoms with Crippen molar-refractivity contribution in [3.05, 3.63) is 83.9 Å². The van der Waals surface area contributed by atoms with Gasteiger partial charge in [0.2, 0.25) is 0 Å². The van der Waals surface area contributed by atoms with Gasteiger partial charge in [-0.2, -0.15) is 0 Å². The third-order valence-electron chi connectivity index (χ3n) is 3.85. The molecule has 0 heterocycles. The zero-order valence-electron chi connectivity index (χ0n) is 12.6. The highest BCUT2D eigenvalue weighted by Crippen LogP contribution is 2.28. The lowest BCUT2D eigenvalue weighted by Gasteiger charge is -2.09. The van der Waals surface area contributed by atoms with Gasteiger partial charge in [-0.1, -0.05) is 73.7 Å². The Hall–Kier alpha value is -2.34. The third-order valence-corrected chi connectivity index (χ3v) is 3.85. The summed E-state index contributed by atoms with van der Waals surface area (Å²) in [6, 6.07) is 26.2. The van der Waals surface area contributed by atoms with Gasteiger partial charge in [-0.15, -0.1) is 0 Å². The molecule has 0 aliphatic heterocycles. The highest BCUT2D eigenvalue weighted by molar-refractivity contribution is 5.74. The summed E-state index contributed by atoms with van der Waals surface area (Å²) in [6.45, 7) is 4.37. The van der Waals surface area contributed by atoms with Crippen LogP contribution in [0.2, 0.25) is 0 Å². The Labute approximate surface area is 127 Å². The molecule has 0 spiro atoms. The van der Waals surface area contributed by atoms with E-state index in [4.69, 9.17) is 0 Å². The van der Waals surface area contributed by atoms with Crippen LogP contribution in [-0.4, -0.2) is 0 Å². The Kier molecular flexibility index (Phi) is 3.87. The quantitative estimate of drug-likeness (QED) is 0.557. The maximum absolute atomic E-state index is 2.30. The van der Waals surface area contributed by atoms with Crippen molar-refractivity contribution in [2.75, 3.05) is 0 Å². The van der Waals surface area contributed by atoms with Crippen molar-refractivity contribution in [2.45, 2.75) is 20.3 Å². The first-order valence-electron chi connectivity index (χ1n) is 7.52. The van der Waals surface area contributed by atoms with Crippen molar-refractivity contribution in [2.24, 2.45) is 0 Å². The summed E-state index contributed by atoms with van der Waals surface area (Å²) in [5.41, 5.74) is 7.84. The van der Waals surface area contributed by atoms with E-state index in [2.05, 4.69) is 86.6 Å². The number of aryl methyl sites for hydroxylation is 2. The van der Waals surface area contributed by atoms with Gasteiger partial charge in [0.1, 0.15) is 0 Å². The van der Waals surface area contributed by atoms with E-state index in [1.807, 2.05) is 0 Å². The summed E-state index contributed by atoms with van der Waals surface area (Å²) in [4.78, 5) is 0. The average Bonchev–Trinajstić information content (AvgIpc) is 2.55. The molecule has 0 radical (unpaired) electrons. The zero-order valence-corrected chi connectivity index (χ0v) is 12.6. The van der Waals surface area contributed by atoms with Crippen molar-refractivity contribution in [1.29, 1.82) is 0 Å². The van der Waals surface area contributed by atoms with Crippen LogP contribution >= 0.6 is 0 Å². The van der Waals surface area contributed by atoms with E-state index >= 15 is 0 Å². The molecule has 0 saturated carbocycles. The molecule has 0 bridgehead atoms. The van der Waals surface area contributed by atoms with Crippen LogP contribution < -0.4 is 0 Å². The largest absolute Gasteiger partial charge is 0.0622 e. The Morgan fingerprint density at radius 3 is 2.00 bits per heavy atom. The van der Waals surface area contributed by atoms with Gasteiger partial charge in [0.05, 0.1) is 0 Å². The fraction of sp³-hybridized carbons (Fsp3) is 0.143. The van der Waals surface area contributed by atoms with Crippen LogP contribution in [0.5, 0.6) is 0 Å². The van der Waals surface area contributed by atoms with Gasteiger partial charge < -0.3 is 0 Å². The van der Waals surface area contributed by atoms with Crippen LogP contribution in [0.15, 0.2) is 72.8 Å². The van der Waals surface area contributed by atoms with E-state index in [0.29, 0.717) is 0 Å². The smallest absolute Gasteiger partial charge is 0.0175 e. The molecule has 0 saturated heterocycles. The molecule has 0 aromatic heterocycles. The van der Waals surface area contributed by atoms with Crippen LogP contribution in [0.4, 0.5) is 0 Å². The first-order chi connectivity index (χ1) is 10.3. The lowest BCUT2D eigenvalue weighted by molar-refractivity contribution is 1.14. The maximum atomic E-state index is 2.30. The van der Waals surface area contributed by atoms with Crippen molar-refractivity contribution >= 4 is 0 Å². The SMILES string of the molecule is CCc1cccc(-c2cc(C)cc(-c3ccccc3)c2)c1. The third kappa shape index (κ3) is 3.05. The summed E-state index contributed by atoms with van der Waals surface area (Å²) < 4.78 is 0.